The summed E-state index contributed by atoms with van der Waals surface area (Å²) in [5.41, 5.74) is 2.10. The highest BCUT2D eigenvalue weighted by Gasteiger charge is 2.66. The summed E-state index contributed by atoms with van der Waals surface area (Å²) >= 11 is 0. The summed E-state index contributed by atoms with van der Waals surface area (Å²) in [5.74, 6) is -0.962. The van der Waals surface area contributed by atoms with Crippen LogP contribution >= 0.6 is 0 Å². The molecule has 9 nitrogen and oxygen atoms in total. The minimum atomic E-state index is -3.36. The van der Waals surface area contributed by atoms with Gasteiger partial charge in [-0.25, -0.2) is 0 Å². The molecule has 2 aliphatic rings. The van der Waals surface area contributed by atoms with Crippen molar-refractivity contribution in [2.45, 2.75) is 63.2 Å². The summed E-state index contributed by atoms with van der Waals surface area (Å²) in [5, 5.41) is 20.5. The van der Waals surface area contributed by atoms with E-state index in [1.54, 1.807) is 59.2 Å². The normalized spacial score (nSPS) is 22.6. The molecule has 1 aromatic heterocycles. The highest BCUT2D eigenvalue weighted by atomic mass is 28.4. The van der Waals surface area contributed by atoms with E-state index >= 15 is 4.11 Å². The number of aliphatic hydroxyl groups is 1. The van der Waals surface area contributed by atoms with Crippen LogP contribution in [0, 0.1) is 5.92 Å². The number of aliphatic hydroxyl groups excluding tert-OH is 1. The molecule has 1 fully saturated rings. The highest BCUT2D eigenvalue weighted by Crippen LogP contribution is 2.60. The van der Waals surface area contributed by atoms with Gasteiger partial charge in [0.1, 0.15) is 0 Å². The van der Waals surface area contributed by atoms with E-state index in [-0.39, 0.29) is 18.4 Å². The van der Waals surface area contributed by atoms with Gasteiger partial charge in [0, 0.05) is 54.0 Å². The molecule has 2 N–H and O–H groups in total. The average Bonchev–Trinajstić information content (AvgIpc) is 3.67. The maximum atomic E-state index is 16.3. The van der Waals surface area contributed by atoms with Crippen molar-refractivity contribution in [3.63, 3.8) is 0 Å². The molecule has 1 spiro atoms. The van der Waals surface area contributed by atoms with Crippen molar-refractivity contribution in [1.82, 2.24) is 15.0 Å². The number of amides is 2. The first kappa shape index (κ1) is 30.8. The predicted octanol–water partition coefficient (Wildman–Crippen LogP) is 5.48. The second-order valence-electron chi connectivity index (χ2n) is 12.4. The quantitative estimate of drug-likeness (QED) is 0.178. The van der Waals surface area contributed by atoms with E-state index in [0.717, 1.165) is 5.56 Å². The van der Waals surface area contributed by atoms with Gasteiger partial charge in [-0.3, -0.25) is 14.3 Å². The standard InChI is InChI=1S/C34H38FN5O4Si/c1-23-31(45(2,3)35)30(16-18-39-22-27(17-19-41)37-38-39)44-34(23)28-20-26(36-32(42)25-12-8-5-9-13-25)14-15-29(28)40(33(34)43)21-24-10-6-4-7-11-24/h4-15,20,22-23,30-31,41H,16-19,21H2,1-3H3,(H,36,42)/t23-,30+,31-,34+/m1/s1. The molecule has 0 bridgehead atoms. The van der Waals surface area contributed by atoms with Crippen molar-refractivity contribution >= 4 is 31.6 Å². The number of hydrogen-bond acceptors (Lipinski definition) is 6. The molecule has 0 radical (unpaired) electrons. The van der Waals surface area contributed by atoms with E-state index in [9.17, 15) is 14.7 Å². The zero-order chi connectivity index (χ0) is 31.8. The van der Waals surface area contributed by atoms with Crippen LogP contribution in [0.4, 0.5) is 15.5 Å². The monoisotopic (exact) mass is 627 g/mol. The van der Waals surface area contributed by atoms with Crippen LogP contribution in [0.3, 0.4) is 0 Å². The van der Waals surface area contributed by atoms with Crippen molar-refractivity contribution in [2.24, 2.45) is 5.92 Å². The third-order valence-corrected chi connectivity index (χ3v) is 11.5. The van der Waals surface area contributed by atoms with Crippen LogP contribution in [0.5, 0.6) is 0 Å². The number of aromatic nitrogens is 3. The van der Waals surface area contributed by atoms with Gasteiger partial charge in [0.25, 0.3) is 11.8 Å². The topological polar surface area (TPSA) is 110 Å². The number of aryl methyl sites for hydroxylation is 1. The summed E-state index contributed by atoms with van der Waals surface area (Å²) < 4.78 is 24.8. The number of nitrogens with zero attached hydrogens (tertiary/aromatic N) is 4. The Labute approximate surface area is 263 Å². The number of carbonyl (C=O) groups is 2. The Bertz CT molecular complexity index is 1680. The number of benzene rings is 3. The molecule has 2 aliphatic heterocycles. The molecule has 11 heteroatoms. The average molecular weight is 628 g/mol. The van der Waals surface area contributed by atoms with Crippen LogP contribution in [-0.2, 0) is 34.6 Å². The number of hydrogen-bond donors (Lipinski definition) is 2. The fourth-order valence-electron chi connectivity index (χ4n) is 7.05. The van der Waals surface area contributed by atoms with Crippen molar-refractivity contribution in [2.75, 3.05) is 16.8 Å². The minimum absolute atomic E-state index is 0.0248. The second kappa shape index (κ2) is 12.3. The molecule has 3 heterocycles. The van der Waals surface area contributed by atoms with Crippen molar-refractivity contribution < 1.29 is 23.5 Å². The zero-order valence-corrected chi connectivity index (χ0v) is 26.7. The van der Waals surface area contributed by atoms with Crippen LogP contribution < -0.4 is 10.2 Å². The van der Waals surface area contributed by atoms with Gasteiger partial charge in [-0.2, -0.15) is 0 Å². The first-order valence-electron chi connectivity index (χ1n) is 15.3. The predicted molar refractivity (Wildman–Crippen MR) is 172 cm³/mol. The Morgan fingerprint density at radius 3 is 2.49 bits per heavy atom. The first-order valence-corrected chi connectivity index (χ1v) is 18.3. The first-order chi connectivity index (χ1) is 21.6. The lowest BCUT2D eigenvalue weighted by atomic mass is 9.82. The molecule has 4 atom stereocenters. The molecule has 6 rings (SSSR count). The number of nitrogens with one attached hydrogen (secondary N) is 1. The summed E-state index contributed by atoms with van der Waals surface area (Å²) in [6, 6.07) is 24.1. The highest BCUT2D eigenvalue weighted by molar-refractivity contribution is 6.72. The maximum absolute atomic E-state index is 16.3. The SMILES string of the molecule is C[C@@H]1[C@@H]([Si](C)(C)F)[C@H](CCn2cc(CCO)nn2)O[C@@]12C(=O)N(Cc1ccccc1)c1ccc(NC(=O)c3ccccc3)cc12. The summed E-state index contributed by atoms with van der Waals surface area (Å²) in [6.45, 7) is 6.01. The maximum Gasteiger partial charge on any atom is 0.264 e. The molecule has 2 amide bonds. The van der Waals surface area contributed by atoms with Crippen LogP contribution in [0.15, 0.2) is 85.1 Å². The lowest BCUT2D eigenvalue weighted by Gasteiger charge is -2.31. The van der Waals surface area contributed by atoms with Gasteiger partial charge in [0.2, 0.25) is 8.41 Å². The Morgan fingerprint density at radius 2 is 1.80 bits per heavy atom. The van der Waals surface area contributed by atoms with Crippen LogP contribution in [0.1, 0.15) is 40.5 Å². The van der Waals surface area contributed by atoms with Crippen molar-refractivity contribution in [3.8, 4) is 0 Å². The molecule has 3 aromatic carbocycles. The zero-order valence-electron chi connectivity index (χ0n) is 25.7. The third kappa shape index (κ3) is 5.83. The summed E-state index contributed by atoms with van der Waals surface area (Å²) in [6.07, 6.45) is 2.06. The smallest absolute Gasteiger partial charge is 0.264 e. The number of fused-ring (bicyclic) bond motifs is 2. The minimum Gasteiger partial charge on any atom is -0.396 e. The van der Waals surface area contributed by atoms with E-state index in [0.29, 0.717) is 54.1 Å². The molecule has 4 aromatic rings. The van der Waals surface area contributed by atoms with Crippen LogP contribution in [0.25, 0.3) is 0 Å². The molecule has 0 aliphatic carbocycles. The molecule has 45 heavy (non-hydrogen) atoms. The van der Waals surface area contributed by atoms with Gasteiger partial charge in [0.15, 0.2) is 5.60 Å². The Hall–Kier alpha value is -4.19. The van der Waals surface area contributed by atoms with Crippen LogP contribution in [0.2, 0.25) is 18.6 Å². The van der Waals surface area contributed by atoms with Crippen molar-refractivity contribution in [1.29, 1.82) is 0 Å². The Kier molecular flexibility index (Phi) is 8.42. The van der Waals surface area contributed by atoms with E-state index in [4.69, 9.17) is 4.74 Å². The number of rotatable bonds is 10. The molecule has 234 valence electrons. The number of carbonyl (C=O) groups excluding carboxylic acids is 2. The second-order valence-corrected chi connectivity index (χ2v) is 16.2. The molecule has 1 saturated heterocycles. The lowest BCUT2D eigenvalue weighted by molar-refractivity contribution is -0.146. The molecular weight excluding hydrogens is 589 g/mol. The molecule has 0 saturated carbocycles. The summed E-state index contributed by atoms with van der Waals surface area (Å²) in [4.78, 5) is 29.5. The third-order valence-electron chi connectivity index (χ3n) is 9.03. The van der Waals surface area contributed by atoms with Crippen LogP contribution in [-0.4, -0.2) is 53.0 Å². The number of ether oxygens (including phenoxy) is 1. The summed E-state index contributed by atoms with van der Waals surface area (Å²) in [7, 11) is -3.36. The lowest BCUT2D eigenvalue weighted by Crippen LogP contribution is -2.45. The van der Waals surface area contributed by atoms with E-state index in [1.807, 2.05) is 55.5 Å². The number of anilines is 2. The fourth-order valence-corrected chi connectivity index (χ4v) is 9.59. The Morgan fingerprint density at radius 1 is 1.09 bits per heavy atom. The van der Waals surface area contributed by atoms with Gasteiger partial charge in [-0.15, -0.1) is 5.10 Å². The van der Waals surface area contributed by atoms with Gasteiger partial charge in [-0.05, 0) is 55.4 Å². The molecule has 0 unspecified atom stereocenters. The van der Waals surface area contributed by atoms with E-state index in [1.165, 1.54) is 0 Å². The van der Waals surface area contributed by atoms with E-state index < -0.39 is 31.6 Å². The van der Waals surface area contributed by atoms with Gasteiger partial charge < -0.3 is 24.2 Å². The molecular formula is C34H38FN5O4Si. The van der Waals surface area contributed by atoms with E-state index in [2.05, 4.69) is 15.6 Å². The van der Waals surface area contributed by atoms with Gasteiger partial charge in [0.05, 0.1) is 24.0 Å². The van der Waals surface area contributed by atoms with Gasteiger partial charge >= 0.3 is 0 Å². The van der Waals surface area contributed by atoms with Crippen molar-refractivity contribution in [3.05, 3.63) is 107 Å². The Balaban J connectivity index is 1.38. The largest absolute Gasteiger partial charge is 0.396 e. The fraction of sp³-hybridized carbons (Fsp3) is 0.353. The van der Waals surface area contributed by atoms with Gasteiger partial charge in [-0.1, -0.05) is 60.7 Å². The number of halogens is 1.